The summed E-state index contributed by atoms with van der Waals surface area (Å²) in [5.41, 5.74) is 0.372. The van der Waals surface area contributed by atoms with Gasteiger partial charge in [-0.3, -0.25) is 4.79 Å². The van der Waals surface area contributed by atoms with Crippen LogP contribution in [0, 0.1) is 5.82 Å². The third-order valence-electron chi connectivity index (χ3n) is 2.13. The molecule has 0 bridgehead atoms. The number of hydrogen-bond donors (Lipinski definition) is 0. The van der Waals surface area contributed by atoms with Crippen molar-refractivity contribution in [3.05, 3.63) is 54.1 Å². The number of halogens is 1. The molecule has 0 saturated heterocycles. The Balaban J connectivity index is 2.16. The van der Waals surface area contributed by atoms with Crippen LogP contribution < -0.4 is 4.74 Å². The zero-order valence-corrected chi connectivity index (χ0v) is 9.18. The lowest BCUT2D eigenvalue weighted by Crippen LogP contribution is -1.96. The van der Waals surface area contributed by atoms with Crippen molar-refractivity contribution < 1.29 is 13.9 Å². The van der Waals surface area contributed by atoms with Crippen molar-refractivity contribution in [1.82, 2.24) is 4.98 Å². The van der Waals surface area contributed by atoms with Crippen molar-refractivity contribution in [1.29, 1.82) is 0 Å². The van der Waals surface area contributed by atoms with Gasteiger partial charge in [-0.25, -0.2) is 9.37 Å². The average Bonchev–Trinajstić information content (AvgIpc) is 2.29. The van der Waals surface area contributed by atoms with E-state index in [-0.39, 0.29) is 11.6 Å². The lowest BCUT2D eigenvalue weighted by molar-refractivity contribution is 0.101. The third kappa shape index (κ3) is 2.87. The molecule has 1 aromatic carbocycles. The van der Waals surface area contributed by atoms with Crippen molar-refractivity contribution in [2.75, 3.05) is 0 Å². The molecule has 2 aromatic rings. The van der Waals surface area contributed by atoms with Gasteiger partial charge in [0.15, 0.2) is 5.78 Å². The fourth-order valence-corrected chi connectivity index (χ4v) is 1.32. The van der Waals surface area contributed by atoms with Gasteiger partial charge in [-0.1, -0.05) is 6.07 Å². The number of ether oxygens (including phenoxy) is 1. The van der Waals surface area contributed by atoms with Gasteiger partial charge in [-0.2, -0.15) is 0 Å². The minimum atomic E-state index is -0.365. The number of nitrogens with zero attached hydrogens (tertiary/aromatic N) is 1. The molecule has 0 saturated carbocycles. The van der Waals surface area contributed by atoms with Crippen LogP contribution in [0.1, 0.15) is 17.4 Å². The second kappa shape index (κ2) is 4.74. The van der Waals surface area contributed by atoms with Gasteiger partial charge in [0, 0.05) is 13.0 Å². The molecule has 0 aliphatic carbocycles. The summed E-state index contributed by atoms with van der Waals surface area (Å²) in [5, 5.41) is 0. The molecule has 0 unspecified atom stereocenters. The van der Waals surface area contributed by atoms with Crippen molar-refractivity contribution in [2.45, 2.75) is 6.92 Å². The van der Waals surface area contributed by atoms with Gasteiger partial charge in [0.25, 0.3) is 0 Å². The monoisotopic (exact) mass is 231 g/mol. The van der Waals surface area contributed by atoms with Gasteiger partial charge in [-0.15, -0.1) is 0 Å². The molecule has 3 nitrogen and oxygen atoms in total. The average molecular weight is 231 g/mol. The zero-order valence-electron chi connectivity index (χ0n) is 9.18. The Kier molecular flexibility index (Phi) is 3.14. The highest BCUT2D eigenvalue weighted by molar-refractivity contribution is 5.92. The van der Waals surface area contributed by atoms with E-state index >= 15 is 0 Å². The molecule has 0 atom stereocenters. The first-order valence-corrected chi connectivity index (χ1v) is 5.05. The number of rotatable bonds is 3. The van der Waals surface area contributed by atoms with Crippen LogP contribution in [0.25, 0.3) is 0 Å². The number of benzene rings is 1. The summed E-state index contributed by atoms with van der Waals surface area (Å²) < 4.78 is 18.3. The predicted octanol–water partition coefficient (Wildman–Crippen LogP) is 3.22. The SMILES string of the molecule is CC(=O)c1ccc(Oc2cccc(F)c2)cn1. The topological polar surface area (TPSA) is 39.2 Å². The van der Waals surface area contributed by atoms with Gasteiger partial charge < -0.3 is 4.74 Å². The summed E-state index contributed by atoms with van der Waals surface area (Å²) in [6.07, 6.45) is 1.43. The molecule has 0 amide bonds. The van der Waals surface area contributed by atoms with Crippen molar-refractivity contribution >= 4 is 5.78 Å². The quantitative estimate of drug-likeness (QED) is 0.761. The summed E-state index contributed by atoms with van der Waals surface area (Å²) in [7, 11) is 0. The Hall–Kier alpha value is -2.23. The molecule has 1 heterocycles. The van der Waals surface area contributed by atoms with Gasteiger partial charge in [0.2, 0.25) is 0 Å². The fourth-order valence-electron chi connectivity index (χ4n) is 1.32. The molecular formula is C13H10FNO2. The summed E-state index contributed by atoms with van der Waals surface area (Å²) in [5.74, 6) is 0.376. The maximum Gasteiger partial charge on any atom is 0.178 e. The second-order valence-electron chi connectivity index (χ2n) is 3.49. The molecule has 4 heteroatoms. The largest absolute Gasteiger partial charge is 0.456 e. The molecule has 1 aromatic heterocycles. The van der Waals surface area contributed by atoms with E-state index in [4.69, 9.17) is 4.74 Å². The van der Waals surface area contributed by atoms with Crippen molar-refractivity contribution in [2.24, 2.45) is 0 Å². The van der Waals surface area contributed by atoms with Crippen LogP contribution >= 0.6 is 0 Å². The van der Waals surface area contributed by atoms with E-state index in [9.17, 15) is 9.18 Å². The number of hydrogen-bond acceptors (Lipinski definition) is 3. The molecule has 2 rings (SSSR count). The maximum atomic E-state index is 12.9. The van der Waals surface area contributed by atoms with E-state index in [2.05, 4.69) is 4.98 Å². The molecule has 0 radical (unpaired) electrons. The first-order chi connectivity index (χ1) is 8.15. The van der Waals surface area contributed by atoms with E-state index in [0.717, 1.165) is 0 Å². The van der Waals surface area contributed by atoms with Gasteiger partial charge in [-0.05, 0) is 24.3 Å². The molecule has 0 aliphatic rings. The molecule has 0 spiro atoms. The molecular weight excluding hydrogens is 221 g/mol. The maximum absolute atomic E-state index is 12.9. The van der Waals surface area contributed by atoms with E-state index < -0.39 is 0 Å². The Morgan fingerprint density at radius 1 is 1.24 bits per heavy atom. The number of carbonyl (C=O) groups excluding carboxylic acids is 1. The van der Waals surface area contributed by atoms with Crippen LogP contribution in [0.4, 0.5) is 4.39 Å². The molecule has 0 N–H and O–H groups in total. The summed E-state index contributed by atoms with van der Waals surface area (Å²) >= 11 is 0. The molecule has 0 fully saturated rings. The van der Waals surface area contributed by atoms with Crippen LogP contribution in [-0.4, -0.2) is 10.8 Å². The number of Topliss-reactive ketones (excluding diaryl/α,β-unsaturated/α-hetero) is 1. The Morgan fingerprint density at radius 3 is 2.65 bits per heavy atom. The van der Waals surface area contributed by atoms with Gasteiger partial charge >= 0.3 is 0 Å². The lowest BCUT2D eigenvalue weighted by Gasteiger charge is -2.05. The van der Waals surface area contributed by atoms with Crippen LogP contribution in [-0.2, 0) is 0 Å². The molecule has 17 heavy (non-hydrogen) atoms. The Labute approximate surface area is 97.9 Å². The summed E-state index contributed by atoms with van der Waals surface area (Å²) in [4.78, 5) is 14.9. The zero-order chi connectivity index (χ0) is 12.3. The normalized spacial score (nSPS) is 10.0. The van der Waals surface area contributed by atoms with Crippen molar-refractivity contribution in [3.63, 3.8) is 0 Å². The van der Waals surface area contributed by atoms with E-state index in [0.29, 0.717) is 17.2 Å². The molecule has 0 aliphatic heterocycles. The Morgan fingerprint density at radius 2 is 2.06 bits per heavy atom. The number of pyridine rings is 1. The van der Waals surface area contributed by atoms with Crippen molar-refractivity contribution in [3.8, 4) is 11.5 Å². The lowest BCUT2D eigenvalue weighted by atomic mass is 10.3. The van der Waals surface area contributed by atoms with Gasteiger partial charge in [0.05, 0.1) is 6.20 Å². The number of ketones is 1. The highest BCUT2D eigenvalue weighted by atomic mass is 19.1. The smallest absolute Gasteiger partial charge is 0.178 e. The van der Waals surface area contributed by atoms with Crippen LogP contribution in [0.5, 0.6) is 11.5 Å². The van der Waals surface area contributed by atoms with E-state index in [1.54, 1.807) is 24.3 Å². The van der Waals surface area contributed by atoms with Gasteiger partial charge in [0.1, 0.15) is 23.0 Å². The number of carbonyl (C=O) groups is 1. The predicted molar refractivity (Wildman–Crippen MR) is 60.7 cm³/mol. The highest BCUT2D eigenvalue weighted by Crippen LogP contribution is 2.21. The minimum Gasteiger partial charge on any atom is -0.456 e. The first kappa shape index (κ1) is 11.3. The highest BCUT2D eigenvalue weighted by Gasteiger charge is 2.02. The standard InChI is InChI=1S/C13H10FNO2/c1-9(16)13-6-5-12(8-15-13)17-11-4-2-3-10(14)7-11/h2-8H,1H3. The Bertz CT molecular complexity index is 537. The van der Waals surface area contributed by atoms with Crippen LogP contribution in [0.15, 0.2) is 42.6 Å². The second-order valence-corrected chi connectivity index (χ2v) is 3.49. The minimum absolute atomic E-state index is 0.109. The third-order valence-corrected chi connectivity index (χ3v) is 2.13. The molecule has 86 valence electrons. The number of aromatic nitrogens is 1. The van der Waals surface area contributed by atoms with E-state index in [1.807, 2.05) is 0 Å². The van der Waals surface area contributed by atoms with Crippen LogP contribution in [0.3, 0.4) is 0 Å². The first-order valence-electron chi connectivity index (χ1n) is 5.05. The summed E-state index contributed by atoms with van der Waals surface area (Å²) in [6.45, 7) is 1.44. The fraction of sp³-hybridized carbons (Fsp3) is 0.0769. The summed E-state index contributed by atoms with van der Waals surface area (Å²) in [6, 6.07) is 9.00. The van der Waals surface area contributed by atoms with Crippen LogP contribution in [0.2, 0.25) is 0 Å². The van der Waals surface area contributed by atoms with E-state index in [1.165, 1.54) is 25.3 Å².